The van der Waals surface area contributed by atoms with Gasteiger partial charge in [-0.1, -0.05) is 18.2 Å². The van der Waals surface area contributed by atoms with E-state index < -0.39 is 23.4 Å². The number of para-hydroxylation sites is 1. The second-order valence-corrected chi connectivity index (χ2v) is 8.22. The smallest absolute Gasteiger partial charge is 0.345 e. The van der Waals surface area contributed by atoms with Gasteiger partial charge in [-0.15, -0.1) is 11.3 Å². The van der Waals surface area contributed by atoms with Crippen LogP contribution in [0.4, 0.5) is 11.4 Å². The van der Waals surface area contributed by atoms with Gasteiger partial charge in [-0.2, -0.15) is 0 Å². The normalized spacial score (nSPS) is 12.2. The molecule has 3 aromatic rings. The molecule has 1 aromatic heterocycles. The molecule has 0 saturated heterocycles. The van der Waals surface area contributed by atoms with Crippen molar-refractivity contribution in [2.75, 3.05) is 24.7 Å². The Morgan fingerprint density at radius 1 is 1.12 bits per heavy atom. The van der Waals surface area contributed by atoms with Gasteiger partial charge in [0.2, 0.25) is 0 Å². The number of esters is 1. The monoisotopic (exact) mass is 468 g/mol. The number of thiophene rings is 1. The lowest BCUT2D eigenvalue weighted by Crippen LogP contribution is -2.34. The average Bonchev–Trinajstić information content (AvgIpc) is 3.33. The molecule has 33 heavy (non-hydrogen) atoms. The highest BCUT2D eigenvalue weighted by atomic mass is 32.1. The predicted molar refractivity (Wildman–Crippen MR) is 121 cm³/mol. The Labute approximate surface area is 193 Å². The first-order valence-corrected chi connectivity index (χ1v) is 11.0. The summed E-state index contributed by atoms with van der Waals surface area (Å²) in [5, 5.41) is 13.3. The fourth-order valence-electron chi connectivity index (χ4n) is 3.43. The molecular weight excluding hydrogens is 448 g/mol. The number of aryl methyl sites for hydroxylation is 1. The van der Waals surface area contributed by atoms with E-state index in [-0.39, 0.29) is 17.8 Å². The molecule has 1 amide bonds. The zero-order chi connectivity index (χ0) is 23.4. The molecule has 0 radical (unpaired) electrons. The number of anilines is 1. The first-order chi connectivity index (χ1) is 15.9. The molecule has 0 N–H and O–H groups in total. The van der Waals surface area contributed by atoms with Crippen molar-refractivity contribution in [2.45, 2.75) is 13.5 Å². The SMILES string of the molecule is Cc1cccc(C(=O)OCC(=O)N(Cc2cccs2)c2ccc3c(c2)OCCO3)c1[N+](=O)[O-]. The number of rotatable bonds is 7. The highest BCUT2D eigenvalue weighted by molar-refractivity contribution is 7.09. The largest absolute Gasteiger partial charge is 0.486 e. The first kappa shape index (κ1) is 22.3. The number of carbonyl (C=O) groups is 2. The second-order valence-electron chi connectivity index (χ2n) is 7.19. The second kappa shape index (κ2) is 9.70. The minimum absolute atomic E-state index is 0.197. The Kier molecular flexibility index (Phi) is 6.55. The van der Waals surface area contributed by atoms with E-state index in [0.29, 0.717) is 36.0 Å². The van der Waals surface area contributed by atoms with Crippen molar-refractivity contribution in [2.24, 2.45) is 0 Å². The third kappa shape index (κ3) is 4.96. The fraction of sp³-hybridized carbons (Fsp3) is 0.217. The van der Waals surface area contributed by atoms with Gasteiger partial charge in [-0.3, -0.25) is 14.9 Å². The van der Waals surface area contributed by atoms with Crippen LogP contribution in [0.3, 0.4) is 0 Å². The topological polar surface area (TPSA) is 108 Å². The molecule has 1 aliphatic rings. The van der Waals surface area contributed by atoms with Gasteiger partial charge in [0, 0.05) is 22.2 Å². The summed E-state index contributed by atoms with van der Waals surface area (Å²) < 4.78 is 16.3. The van der Waals surface area contributed by atoms with Gasteiger partial charge < -0.3 is 19.1 Å². The van der Waals surface area contributed by atoms with E-state index >= 15 is 0 Å². The summed E-state index contributed by atoms with van der Waals surface area (Å²) in [4.78, 5) is 38.8. The minimum atomic E-state index is -0.933. The lowest BCUT2D eigenvalue weighted by atomic mass is 10.1. The molecule has 2 aromatic carbocycles. The summed E-state index contributed by atoms with van der Waals surface area (Å²) >= 11 is 1.49. The van der Waals surface area contributed by atoms with Crippen LogP contribution in [-0.4, -0.2) is 36.6 Å². The molecule has 1 aliphatic heterocycles. The first-order valence-electron chi connectivity index (χ1n) is 10.1. The molecule has 0 fully saturated rings. The van der Waals surface area contributed by atoms with Gasteiger partial charge in [0.1, 0.15) is 18.8 Å². The molecule has 9 nitrogen and oxygen atoms in total. The van der Waals surface area contributed by atoms with Gasteiger partial charge >= 0.3 is 5.97 Å². The van der Waals surface area contributed by atoms with Crippen LogP contribution in [-0.2, 0) is 16.1 Å². The number of hydrogen-bond donors (Lipinski definition) is 0. The molecule has 0 saturated carbocycles. The summed E-state index contributed by atoms with van der Waals surface area (Å²) in [6.45, 7) is 2.07. The minimum Gasteiger partial charge on any atom is -0.486 e. The van der Waals surface area contributed by atoms with E-state index in [2.05, 4.69) is 0 Å². The Morgan fingerprint density at radius 3 is 2.64 bits per heavy atom. The number of amides is 1. The van der Waals surface area contributed by atoms with Crippen molar-refractivity contribution < 1.29 is 28.7 Å². The molecule has 4 rings (SSSR count). The van der Waals surface area contributed by atoms with Crippen molar-refractivity contribution in [1.82, 2.24) is 0 Å². The number of hydrogen-bond acceptors (Lipinski definition) is 8. The van der Waals surface area contributed by atoms with Gasteiger partial charge in [-0.05, 0) is 36.6 Å². The molecule has 170 valence electrons. The highest BCUT2D eigenvalue weighted by Crippen LogP contribution is 2.35. The van der Waals surface area contributed by atoms with Crippen molar-refractivity contribution >= 4 is 34.6 Å². The van der Waals surface area contributed by atoms with Crippen molar-refractivity contribution in [3.63, 3.8) is 0 Å². The van der Waals surface area contributed by atoms with Crippen LogP contribution in [0, 0.1) is 17.0 Å². The van der Waals surface area contributed by atoms with Crippen LogP contribution >= 0.6 is 11.3 Å². The van der Waals surface area contributed by atoms with Crippen LogP contribution in [0.2, 0.25) is 0 Å². The van der Waals surface area contributed by atoms with Crippen LogP contribution < -0.4 is 14.4 Å². The van der Waals surface area contributed by atoms with Crippen LogP contribution in [0.5, 0.6) is 11.5 Å². The summed E-state index contributed by atoms with van der Waals surface area (Å²) in [6.07, 6.45) is 0. The van der Waals surface area contributed by atoms with E-state index in [1.54, 1.807) is 18.2 Å². The number of carbonyl (C=O) groups excluding carboxylic acids is 2. The summed E-state index contributed by atoms with van der Waals surface area (Å²) in [5.41, 5.74) is 0.348. The fourth-order valence-corrected chi connectivity index (χ4v) is 4.12. The molecular formula is C23H20N2O7S. The lowest BCUT2D eigenvalue weighted by molar-refractivity contribution is -0.385. The Bertz CT molecular complexity index is 1190. The zero-order valence-corrected chi connectivity index (χ0v) is 18.5. The van der Waals surface area contributed by atoms with Crippen LogP contribution in [0.1, 0.15) is 20.8 Å². The molecule has 10 heteroatoms. The highest BCUT2D eigenvalue weighted by Gasteiger charge is 2.26. The van der Waals surface area contributed by atoms with E-state index in [0.717, 1.165) is 4.88 Å². The third-order valence-electron chi connectivity index (χ3n) is 5.00. The van der Waals surface area contributed by atoms with Gasteiger partial charge in [0.25, 0.3) is 11.6 Å². The predicted octanol–water partition coefficient (Wildman–Crippen LogP) is 4.13. The number of ether oxygens (including phenoxy) is 3. The van der Waals surface area contributed by atoms with Crippen molar-refractivity contribution in [3.05, 3.63) is 80.0 Å². The van der Waals surface area contributed by atoms with E-state index in [1.165, 1.54) is 41.4 Å². The summed E-state index contributed by atoms with van der Waals surface area (Å²) in [7, 11) is 0. The molecule has 0 aliphatic carbocycles. The standard InChI is InChI=1S/C23H20N2O7S/c1-15-4-2-6-18(22(15)25(28)29)23(27)32-14-21(26)24(13-17-5-3-11-33-17)16-7-8-19-20(12-16)31-10-9-30-19/h2-8,11-12H,9-10,13-14H2,1H3. The maximum Gasteiger partial charge on any atom is 0.345 e. The number of nitro groups is 1. The Balaban J connectivity index is 1.54. The maximum absolute atomic E-state index is 13.1. The Morgan fingerprint density at radius 2 is 1.91 bits per heavy atom. The van der Waals surface area contributed by atoms with Gasteiger partial charge in [0.05, 0.1) is 11.5 Å². The quantitative estimate of drug-likeness (QED) is 0.291. The number of nitrogens with zero attached hydrogens (tertiary/aromatic N) is 2. The van der Waals surface area contributed by atoms with Crippen LogP contribution in [0.15, 0.2) is 53.9 Å². The zero-order valence-electron chi connectivity index (χ0n) is 17.7. The molecule has 0 bridgehead atoms. The van der Waals surface area contributed by atoms with E-state index in [9.17, 15) is 19.7 Å². The van der Waals surface area contributed by atoms with E-state index in [1.807, 2.05) is 17.5 Å². The molecule has 0 atom stereocenters. The van der Waals surface area contributed by atoms with Crippen LogP contribution in [0.25, 0.3) is 0 Å². The molecule has 0 unspecified atom stereocenters. The van der Waals surface area contributed by atoms with Gasteiger partial charge in [-0.25, -0.2) is 4.79 Å². The summed E-state index contributed by atoms with van der Waals surface area (Å²) in [5.74, 6) is -0.303. The number of nitro benzene ring substituents is 1. The molecule has 2 heterocycles. The van der Waals surface area contributed by atoms with E-state index in [4.69, 9.17) is 14.2 Å². The third-order valence-corrected chi connectivity index (χ3v) is 5.86. The van der Waals surface area contributed by atoms with Crippen molar-refractivity contribution in [3.8, 4) is 11.5 Å². The number of benzene rings is 2. The molecule has 0 spiro atoms. The van der Waals surface area contributed by atoms with Crippen molar-refractivity contribution in [1.29, 1.82) is 0 Å². The van der Waals surface area contributed by atoms with Gasteiger partial charge in [0.15, 0.2) is 18.1 Å². The average molecular weight is 468 g/mol. The number of fused-ring (bicyclic) bond motifs is 1. The summed E-state index contributed by atoms with van der Waals surface area (Å²) in [6, 6.07) is 13.3. The lowest BCUT2D eigenvalue weighted by Gasteiger charge is -2.25. The Hall–Kier alpha value is -3.92. The maximum atomic E-state index is 13.1.